The van der Waals surface area contributed by atoms with E-state index >= 15 is 0 Å². The third kappa shape index (κ3) is 3.68. The van der Waals surface area contributed by atoms with Gasteiger partial charge in [-0.25, -0.2) is 0 Å². The summed E-state index contributed by atoms with van der Waals surface area (Å²) in [5.41, 5.74) is 7.31. The van der Waals surface area contributed by atoms with E-state index in [0.29, 0.717) is 13.0 Å². The highest BCUT2D eigenvalue weighted by molar-refractivity contribution is 5.96. The van der Waals surface area contributed by atoms with Crippen molar-refractivity contribution in [2.75, 3.05) is 0 Å². The summed E-state index contributed by atoms with van der Waals surface area (Å²) in [5, 5.41) is 0. The van der Waals surface area contributed by atoms with Crippen molar-refractivity contribution in [3.63, 3.8) is 0 Å². The fourth-order valence-corrected chi connectivity index (χ4v) is 1.38. The van der Waals surface area contributed by atoms with Gasteiger partial charge in [0.25, 0.3) is 0 Å². The quantitative estimate of drug-likeness (QED) is 0.439. The summed E-state index contributed by atoms with van der Waals surface area (Å²) in [6.45, 7) is 4.15. The van der Waals surface area contributed by atoms with Crippen LogP contribution in [0.2, 0.25) is 0 Å². The molecule has 0 saturated carbocycles. The second kappa shape index (κ2) is 6.14. The molecule has 0 bridgehead atoms. The molecule has 1 aromatic rings. The van der Waals surface area contributed by atoms with Crippen LogP contribution < -0.4 is 5.73 Å². The van der Waals surface area contributed by atoms with E-state index in [0.717, 1.165) is 24.0 Å². The minimum atomic E-state index is 0.195. The predicted molar refractivity (Wildman–Crippen MR) is 62.7 cm³/mol. The van der Waals surface area contributed by atoms with Gasteiger partial charge in [-0.15, -0.1) is 6.58 Å². The molecule has 2 nitrogen and oxygen atoms in total. The molecule has 80 valence electrons. The van der Waals surface area contributed by atoms with Gasteiger partial charge in [0.2, 0.25) is 0 Å². The molecule has 0 fully saturated rings. The molecule has 15 heavy (non-hydrogen) atoms. The molecule has 0 aliphatic rings. The molecule has 0 aliphatic heterocycles. The number of nitrogens with two attached hydrogens (primary N) is 1. The molecule has 1 rings (SSSR count). The van der Waals surface area contributed by atoms with Gasteiger partial charge in [-0.2, -0.15) is 0 Å². The number of ketones is 1. The fourth-order valence-electron chi connectivity index (χ4n) is 1.38. The lowest BCUT2D eigenvalue weighted by Gasteiger charge is -2.01. The number of carbonyl (C=O) groups excluding carboxylic acids is 1. The Kier molecular flexibility index (Phi) is 4.78. The molecule has 0 aromatic heterocycles. The van der Waals surface area contributed by atoms with Crippen molar-refractivity contribution < 1.29 is 4.79 Å². The summed E-state index contributed by atoms with van der Waals surface area (Å²) in [5.74, 6) is 0.195. The molecule has 0 aliphatic carbocycles. The first-order valence-electron chi connectivity index (χ1n) is 5.21. The Labute approximate surface area is 90.8 Å². The number of Topliss-reactive ketones (excluding diaryl/α,β-unsaturated/α-hetero) is 1. The van der Waals surface area contributed by atoms with Crippen LogP contribution in [-0.2, 0) is 6.54 Å². The standard InChI is InChI=1S/C13H17NO/c1-2-3-4-5-13(15)12-8-6-11(10-14)7-9-12/h2,6-9H,1,3-5,10,14H2. The highest BCUT2D eigenvalue weighted by Gasteiger charge is 2.04. The van der Waals surface area contributed by atoms with Crippen molar-refractivity contribution in [3.8, 4) is 0 Å². The van der Waals surface area contributed by atoms with Crippen LogP contribution >= 0.6 is 0 Å². The Morgan fingerprint density at radius 2 is 2.00 bits per heavy atom. The van der Waals surface area contributed by atoms with Crippen molar-refractivity contribution in [2.24, 2.45) is 5.73 Å². The van der Waals surface area contributed by atoms with E-state index in [1.54, 1.807) is 0 Å². The minimum Gasteiger partial charge on any atom is -0.326 e. The van der Waals surface area contributed by atoms with E-state index in [1.807, 2.05) is 30.3 Å². The van der Waals surface area contributed by atoms with Gasteiger partial charge in [-0.05, 0) is 18.4 Å². The predicted octanol–water partition coefficient (Wildman–Crippen LogP) is 2.68. The zero-order valence-corrected chi connectivity index (χ0v) is 8.91. The number of hydrogen-bond donors (Lipinski definition) is 1. The van der Waals surface area contributed by atoms with Crippen LogP contribution in [0, 0.1) is 0 Å². The lowest BCUT2D eigenvalue weighted by atomic mass is 10.0. The SMILES string of the molecule is C=CCCCC(=O)c1ccc(CN)cc1. The summed E-state index contributed by atoms with van der Waals surface area (Å²) in [6, 6.07) is 7.50. The van der Waals surface area contributed by atoms with Crippen LogP contribution in [0.4, 0.5) is 0 Å². The average molecular weight is 203 g/mol. The second-order valence-electron chi connectivity index (χ2n) is 3.51. The Morgan fingerprint density at radius 1 is 1.33 bits per heavy atom. The molecule has 2 N–H and O–H groups in total. The number of hydrogen-bond acceptors (Lipinski definition) is 2. The highest BCUT2D eigenvalue weighted by atomic mass is 16.1. The first-order chi connectivity index (χ1) is 7.27. The van der Waals surface area contributed by atoms with Crippen LogP contribution in [0.15, 0.2) is 36.9 Å². The maximum Gasteiger partial charge on any atom is 0.162 e. The fraction of sp³-hybridized carbons (Fsp3) is 0.308. The maximum atomic E-state index is 11.7. The minimum absolute atomic E-state index is 0.195. The monoisotopic (exact) mass is 203 g/mol. The van der Waals surface area contributed by atoms with Gasteiger partial charge in [-0.3, -0.25) is 4.79 Å². The first-order valence-corrected chi connectivity index (χ1v) is 5.21. The number of benzene rings is 1. The van der Waals surface area contributed by atoms with Crippen molar-refractivity contribution in [2.45, 2.75) is 25.8 Å². The van der Waals surface area contributed by atoms with E-state index in [1.165, 1.54) is 0 Å². The normalized spacial score (nSPS) is 9.93. The first kappa shape index (κ1) is 11.7. The van der Waals surface area contributed by atoms with Crippen molar-refractivity contribution in [1.29, 1.82) is 0 Å². The van der Waals surface area contributed by atoms with Gasteiger partial charge in [-0.1, -0.05) is 30.3 Å². The number of carbonyl (C=O) groups is 1. The molecule has 2 heteroatoms. The molecule has 0 saturated heterocycles. The molecule has 0 radical (unpaired) electrons. The largest absolute Gasteiger partial charge is 0.326 e. The van der Waals surface area contributed by atoms with Crippen LogP contribution in [0.5, 0.6) is 0 Å². The van der Waals surface area contributed by atoms with Gasteiger partial charge in [0.05, 0.1) is 0 Å². The van der Waals surface area contributed by atoms with Crippen LogP contribution in [0.1, 0.15) is 35.2 Å². The number of rotatable bonds is 6. The number of allylic oxidation sites excluding steroid dienone is 1. The lowest BCUT2D eigenvalue weighted by Crippen LogP contribution is -2.00. The van der Waals surface area contributed by atoms with E-state index in [-0.39, 0.29) is 5.78 Å². The molecule has 0 heterocycles. The summed E-state index contributed by atoms with van der Waals surface area (Å²) in [4.78, 5) is 11.7. The van der Waals surface area contributed by atoms with Gasteiger partial charge >= 0.3 is 0 Å². The Bertz CT molecular complexity index is 327. The van der Waals surface area contributed by atoms with E-state index in [4.69, 9.17) is 5.73 Å². The van der Waals surface area contributed by atoms with Gasteiger partial charge < -0.3 is 5.73 Å². The molecule has 0 amide bonds. The average Bonchev–Trinajstić information content (AvgIpc) is 2.29. The molecule has 0 spiro atoms. The van der Waals surface area contributed by atoms with E-state index in [9.17, 15) is 4.79 Å². The number of unbranched alkanes of at least 4 members (excludes halogenated alkanes) is 1. The van der Waals surface area contributed by atoms with Crippen LogP contribution in [0.3, 0.4) is 0 Å². The zero-order valence-electron chi connectivity index (χ0n) is 8.91. The molecule has 0 unspecified atom stereocenters. The second-order valence-corrected chi connectivity index (χ2v) is 3.51. The summed E-state index contributed by atoms with van der Waals surface area (Å²) < 4.78 is 0. The Hall–Kier alpha value is -1.41. The molecular weight excluding hydrogens is 186 g/mol. The molecule has 1 aromatic carbocycles. The Morgan fingerprint density at radius 3 is 2.53 bits per heavy atom. The summed E-state index contributed by atoms with van der Waals surface area (Å²) >= 11 is 0. The van der Waals surface area contributed by atoms with Gasteiger partial charge in [0.1, 0.15) is 0 Å². The third-order valence-corrected chi connectivity index (χ3v) is 2.32. The Balaban J connectivity index is 2.54. The van der Waals surface area contributed by atoms with Crippen molar-refractivity contribution in [1.82, 2.24) is 0 Å². The van der Waals surface area contributed by atoms with E-state index in [2.05, 4.69) is 6.58 Å². The topological polar surface area (TPSA) is 43.1 Å². The third-order valence-electron chi connectivity index (χ3n) is 2.32. The van der Waals surface area contributed by atoms with Crippen molar-refractivity contribution >= 4 is 5.78 Å². The zero-order chi connectivity index (χ0) is 11.1. The molecule has 0 atom stereocenters. The van der Waals surface area contributed by atoms with Crippen LogP contribution in [-0.4, -0.2) is 5.78 Å². The highest BCUT2D eigenvalue weighted by Crippen LogP contribution is 2.09. The summed E-state index contributed by atoms with van der Waals surface area (Å²) in [7, 11) is 0. The van der Waals surface area contributed by atoms with Crippen LogP contribution in [0.25, 0.3) is 0 Å². The van der Waals surface area contributed by atoms with Gasteiger partial charge in [0, 0.05) is 18.5 Å². The van der Waals surface area contributed by atoms with Gasteiger partial charge in [0.15, 0.2) is 5.78 Å². The van der Waals surface area contributed by atoms with Crippen molar-refractivity contribution in [3.05, 3.63) is 48.0 Å². The van der Waals surface area contributed by atoms with E-state index < -0.39 is 0 Å². The molecular formula is C13H17NO. The summed E-state index contributed by atoms with van der Waals surface area (Å²) in [6.07, 6.45) is 4.20. The maximum absolute atomic E-state index is 11.7. The lowest BCUT2D eigenvalue weighted by molar-refractivity contribution is 0.0980. The smallest absolute Gasteiger partial charge is 0.162 e.